The molecule has 0 unspecified atom stereocenters. The van der Waals surface area contributed by atoms with Gasteiger partial charge in [-0.3, -0.25) is 9.52 Å². The molecule has 5 nitrogen and oxygen atoms in total. The summed E-state index contributed by atoms with van der Waals surface area (Å²) in [4.78, 5) is 21.5. The van der Waals surface area contributed by atoms with Gasteiger partial charge in [0.2, 0.25) is 5.91 Å². The molecule has 0 spiro atoms. The van der Waals surface area contributed by atoms with Crippen LogP contribution in [0.25, 0.3) is 9.40 Å². The molecule has 134 valence electrons. The minimum Gasteiger partial charge on any atom is -0.444 e. The fourth-order valence-corrected chi connectivity index (χ4v) is 4.57. The zero-order valence-corrected chi connectivity index (χ0v) is 17.0. The predicted octanol–water partition coefficient (Wildman–Crippen LogP) is 5.01. The largest absolute Gasteiger partial charge is 0.444 e. The lowest BCUT2D eigenvalue weighted by Gasteiger charge is -2.16. The fourth-order valence-electron chi connectivity index (χ4n) is 1.62. The summed E-state index contributed by atoms with van der Waals surface area (Å²) < 4.78 is 11.2. The van der Waals surface area contributed by atoms with Gasteiger partial charge in [-0.25, -0.2) is 4.79 Å². The summed E-state index contributed by atoms with van der Waals surface area (Å²) in [5.74, 6) is 0.518. The van der Waals surface area contributed by atoms with Crippen LogP contribution < -0.4 is 10.5 Å². The molecule has 3 N–H and O–H groups in total. The molecule has 2 heterocycles. The first-order chi connectivity index (χ1) is 11.1. The lowest BCUT2D eigenvalue weighted by molar-refractivity contribution is -0.119. The molecule has 8 heteroatoms. The van der Waals surface area contributed by atoms with Gasteiger partial charge in [0.25, 0.3) is 0 Å². The number of nitrogens with two attached hydrogens (primary N) is 1. The molecule has 0 saturated carbocycles. The van der Waals surface area contributed by atoms with Gasteiger partial charge in [-0.2, -0.15) is 0 Å². The minimum atomic E-state index is -0.725. The first-order valence-corrected chi connectivity index (χ1v) is 9.99. The maximum Gasteiger partial charge on any atom is 0.405 e. The maximum absolute atomic E-state index is 11.5. The molecule has 24 heavy (non-hydrogen) atoms. The lowest BCUT2D eigenvalue weighted by Crippen LogP contribution is -2.27. The topological polar surface area (TPSA) is 81.4 Å². The van der Waals surface area contributed by atoms with Crippen LogP contribution in [0, 0.1) is 5.92 Å². The zero-order valence-electron chi connectivity index (χ0n) is 14.5. The van der Waals surface area contributed by atoms with Crippen molar-refractivity contribution in [1.82, 2.24) is 4.72 Å². The Morgan fingerprint density at radius 1 is 1.33 bits per heavy atom. The number of nitrogens with one attached hydrogen (secondary N) is 1. The van der Waals surface area contributed by atoms with Gasteiger partial charge >= 0.3 is 6.09 Å². The van der Waals surface area contributed by atoms with Crippen LogP contribution in [-0.4, -0.2) is 17.6 Å². The minimum absolute atomic E-state index is 0.108. The molecule has 0 aliphatic carbocycles. The number of rotatable bonds is 4. The fraction of sp³-hybridized carbons (Fsp3) is 0.500. The van der Waals surface area contributed by atoms with Gasteiger partial charge in [-0.1, -0.05) is 13.8 Å². The van der Waals surface area contributed by atoms with Crippen LogP contribution in [0.3, 0.4) is 0 Å². The summed E-state index contributed by atoms with van der Waals surface area (Å²) in [7, 11) is 0. The van der Waals surface area contributed by atoms with Crippen LogP contribution in [0.2, 0.25) is 0 Å². The Balaban J connectivity index is 0.000000307. The van der Waals surface area contributed by atoms with Crippen LogP contribution in [0.15, 0.2) is 21.7 Å². The van der Waals surface area contributed by atoms with Crippen molar-refractivity contribution < 1.29 is 14.3 Å². The molecule has 2 aromatic rings. The van der Waals surface area contributed by atoms with Crippen molar-refractivity contribution in [3.63, 3.8) is 0 Å². The van der Waals surface area contributed by atoms with Gasteiger partial charge in [0.15, 0.2) is 0 Å². The summed E-state index contributed by atoms with van der Waals surface area (Å²) in [6.07, 6.45) is -0.135. The van der Waals surface area contributed by atoms with Crippen LogP contribution in [0.4, 0.5) is 4.79 Å². The third-order valence-corrected chi connectivity index (χ3v) is 5.42. The highest BCUT2D eigenvalue weighted by molar-refractivity contribution is 8.00. The third kappa shape index (κ3) is 8.56. The molecule has 0 bridgehead atoms. The van der Waals surface area contributed by atoms with E-state index in [2.05, 4.69) is 27.0 Å². The van der Waals surface area contributed by atoms with Gasteiger partial charge < -0.3 is 10.5 Å². The van der Waals surface area contributed by atoms with E-state index in [4.69, 9.17) is 5.73 Å². The Morgan fingerprint density at radius 3 is 2.46 bits per heavy atom. The second-order valence-electron chi connectivity index (χ2n) is 6.47. The molecule has 0 aromatic carbocycles. The first-order valence-electron chi connectivity index (χ1n) is 7.48. The molecule has 0 aliphatic heterocycles. The maximum atomic E-state index is 11.5. The van der Waals surface area contributed by atoms with Crippen LogP contribution in [0.1, 0.15) is 41.0 Å². The van der Waals surface area contributed by atoms with E-state index in [1.807, 2.05) is 13.8 Å². The first kappa shape index (κ1) is 20.8. The highest BCUT2D eigenvalue weighted by Crippen LogP contribution is 2.34. The van der Waals surface area contributed by atoms with E-state index < -0.39 is 11.7 Å². The summed E-state index contributed by atoms with van der Waals surface area (Å²) in [5.41, 5.74) is 4.26. The second kappa shape index (κ2) is 9.29. The van der Waals surface area contributed by atoms with E-state index in [-0.39, 0.29) is 5.91 Å². The Bertz CT molecular complexity index is 643. The van der Waals surface area contributed by atoms with Crippen molar-refractivity contribution in [2.75, 3.05) is 0 Å². The number of hydrogen-bond donors (Lipinski definition) is 2. The smallest absolute Gasteiger partial charge is 0.405 e. The number of primary amides is 1. The summed E-state index contributed by atoms with van der Waals surface area (Å²) in [5, 5.41) is 2.09. The van der Waals surface area contributed by atoms with Crippen molar-refractivity contribution in [1.29, 1.82) is 0 Å². The predicted molar refractivity (Wildman–Crippen MR) is 104 cm³/mol. The van der Waals surface area contributed by atoms with Crippen LogP contribution >= 0.6 is 34.6 Å². The van der Waals surface area contributed by atoms with E-state index in [9.17, 15) is 9.59 Å². The molecule has 0 fully saturated rings. The number of hydrogen-bond acceptors (Lipinski definition) is 6. The second-order valence-corrected chi connectivity index (χ2v) is 9.61. The quantitative estimate of drug-likeness (QED) is 0.721. The summed E-state index contributed by atoms with van der Waals surface area (Å²) in [6, 6.07) is 4.25. The Kier molecular flexibility index (Phi) is 8.05. The number of ether oxygens (including phenoxy) is 1. The van der Waals surface area contributed by atoms with Crippen LogP contribution in [-0.2, 0) is 9.53 Å². The van der Waals surface area contributed by atoms with E-state index >= 15 is 0 Å². The molecule has 0 saturated heterocycles. The lowest BCUT2D eigenvalue weighted by atomic mass is 10.1. The van der Waals surface area contributed by atoms with Gasteiger partial charge in [0, 0.05) is 15.8 Å². The number of fused-ring (bicyclic) bond motifs is 1. The van der Waals surface area contributed by atoms with Crippen molar-refractivity contribution >= 4 is 56.0 Å². The normalized spacial score (nSPS) is 11.1. The third-order valence-electron chi connectivity index (χ3n) is 2.38. The van der Waals surface area contributed by atoms with Crippen molar-refractivity contribution in [2.45, 2.75) is 50.8 Å². The van der Waals surface area contributed by atoms with Gasteiger partial charge in [-0.05, 0) is 56.1 Å². The molecule has 0 aliphatic rings. The Hall–Kier alpha value is -1.25. The van der Waals surface area contributed by atoms with E-state index in [1.165, 1.54) is 21.3 Å². The SMILES string of the molecule is CC(C)(C)OC(N)=O.CC(C)CC(=O)NSc1cc2sccc2s1. The van der Waals surface area contributed by atoms with Crippen molar-refractivity contribution in [3.8, 4) is 0 Å². The highest BCUT2D eigenvalue weighted by atomic mass is 32.2. The average molecular weight is 389 g/mol. The number of amides is 2. The summed E-state index contributed by atoms with van der Waals surface area (Å²) >= 11 is 4.89. The number of carbonyl (C=O) groups excluding carboxylic acids is 2. The Morgan fingerprint density at radius 2 is 2.00 bits per heavy atom. The van der Waals surface area contributed by atoms with Gasteiger partial charge in [0.1, 0.15) is 5.60 Å². The van der Waals surface area contributed by atoms with E-state index in [0.717, 1.165) is 4.21 Å². The van der Waals surface area contributed by atoms with Crippen molar-refractivity contribution in [2.24, 2.45) is 11.7 Å². The average Bonchev–Trinajstić information content (AvgIpc) is 2.93. The van der Waals surface area contributed by atoms with E-state index in [0.29, 0.717) is 12.3 Å². The summed E-state index contributed by atoms with van der Waals surface area (Å²) in [6.45, 7) is 9.38. The number of carbonyl (C=O) groups is 2. The zero-order chi connectivity index (χ0) is 18.3. The Labute approximate surface area is 155 Å². The van der Waals surface area contributed by atoms with E-state index in [1.54, 1.807) is 43.4 Å². The standard InChI is InChI=1S/C11H13NOS3.C5H11NO2/c1-7(2)5-10(13)12-16-11-6-9-8(15-11)3-4-14-9;1-5(2,3)8-4(6)7/h3-4,6-7H,5H2,1-2H3,(H,12,13);1-3H3,(H2,6,7). The highest BCUT2D eigenvalue weighted by Gasteiger charge is 2.12. The molecular formula is C16H24N2O3S3. The van der Waals surface area contributed by atoms with Gasteiger partial charge in [0.05, 0.1) is 4.21 Å². The number of thiophene rings is 2. The molecule has 2 amide bonds. The molecule has 2 rings (SSSR count). The molecule has 2 aromatic heterocycles. The van der Waals surface area contributed by atoms with Crippen molar-refractivity contribution in [3.05, 3.63) is 17.5 Å². The van der Waals surface area contributed by atoms with Gasteiger partial charge in [-0.15, -0.1) is 22.7 Å². The van der Waals surface area contributed by atoms with Crippen LogP contribution in [0.5, 0.6) is 0 Å². The molecule has 0 radical (unpaired) electrons. The molecular weight excluding hydrogens is 364 g/mol. The monoisotopic (exact) mass is 388 g/mol. The molecule has 0 atom stereocenters.